The first-order valence-electron chi connectivity index (χ1n) is 11.0. The van der Waals surface area contributed by atoms with Crippen molar-refractivity contribution in [3.8, 4) is 22.8 Å². The van der Waals surface area contributed by atoms with Gasteiger partial charge in [-0.3, -0.25) is 14.3 Å². The van der Waals surface area contributed by atoms with Gasteiger partial charge < -0.3 is 9.73 Å². The summed E-state index contributed by atoms with van der Waals surface area (Å²) in [5.41, 5.74) is 1.69. The Labute approximate surface area is 212 Å². The van der Waals surface area contributed by atoms with E-state index in [1.54, 1.807) is 18.2 Å². The minimum Gasteiger partial charge on any atom is -0.455 e. The molecule has 1 unspecified atom stereocenters. The van der Waals surface area contributed by atoms with E-state index in [0.29, 0.717) is 11.3 Å². The number of H-pyrrole nitrogens is 1. The minimum absolute atomic E-state index is 0.0647. The molecule has 0 fully saturated rings. The number of fused-ring (bicyclic) bond motifs is 1. The van der Waals surface area contributed by atoms with Crippen LogP contribution in [0.25, 0.3) is 33.8 Å². The van der Waals surface area contributed by atoms with E-state index in [4.69, 9.17) is 16.0 Å². The molecule has 0 spiro atoms. The summed E-state index contributed by atoms with van der Waals surface area (Å²) in [4.78, 5) is 34.8. The second-order valence-corrected chi connectivity index (χ2v) is 8.84. The summed E-state index contributed by atoms with van der Waals surface area (Å²) in [6.07, 6.45) is 0.744. The highest BCUT2D eigenvalue weighted by molar-refractivity contribution is 6.29. The molecule has 0 saturated carbocycles. The zero-order valence-corrected chi connectivity index (χ0v) is 20.4. The number of halogens is 3. The number of aromatic nitrogens is 4. The molecule has 12 heteroatoms. The summed E-state index contributed by atoms with van der Waals surface area (Å²) in [6.45, 7) is 5.12. The third-order valence-corrected chi connectivity index (χ3v) is 6.02. The highest BCUT2D eigenvalue weighted by atomic mass is 35.5. The molecule has 0 radical (unpaired) electrons. The molecule has 0 aliphatic carbocycles. The summed E-state index contributed by atoms with van der Waals surface area (Å²) in [5, 5.41) is 7.38. The molecule has 4 heterocycles. The number of nitrogens with zero attached hydrogens (tertiary/aromatic N) is 3. The lowest BCUT2D eigenvalue weighted by molar-refractivity contribution is 0.388. The van der Waals surface area contributed by atoms with Crippen LogP contribution in [0.3, 0.4) is 0 Å². The van der Waals surface area contributed by atoms with Crippen molar-refractivity contribution in [1.82, 2.24) is 20.1 Å². The van der Waals surface area contributed by atoms with Gasteiger partial charge in [0.2, 0.25) is 11.8 Å². The molecular formula is C25H18ClF2N5O4. The first-order valence-corrected chi connectivity index (χ1v) is 11.4. The molecule has 0 saturated heterocycles. The number of benzene rings is 1. The lowest BCUT2D eigenvalue weighted by Gasteiger charge is -2.20. The Balaban J connectivity index is 1.67. The quantitative estimate of drug-likeness (QED) is 0.295. The summed E-state index contributed by atoms with van der Waals surface area (Å²) >= 11 is 6.06. The van der Waals surface area contributed by atoms with Crippen molar-refractivity contribution in [2.45, 2.75) is 26.8 Å². The molecule has 188 valence electrons. The molecule has 9 nitrogen and oxygen atoms in total. The van der Waals surface area contributed by atoms with Crippen molar-refractivity contribution in [1.29, 1.82) is 0 Å². The number of aromatic amines is 1. The van der Waals surface area contributed by atoms with E-state index in [0.717, 1.165) is 17.8 Å². The van der Waals surface area contributed by atoms with Gasteiger partial charge in [-0.1, -0.05) is 22.8 Å². The van der Waals surface area contributed by atoms with Crippen molar-refractivity contribution in [2.24, 2.45) is 0 Å². The fourth-order valence-electron chi connectivity index (χ4n) is 4.10. The number of pyridine rings is 2. The molecule has 0 bridgehead atoms. The van der Waals surface area contributed by atoms with E-state index < -0.39 is 23.6 Å². The minimum atomic E-state index is -0.967. The molecule has 2 N–H and O–H groups in total. The SMILES string of the molecule is Cc1cc(C(C)Nc2ccc(Cl)nc2-c2noc(=O)[nH]2)c2oc(-c3cc(F)cnc3F)c(C)c(=O)c2c1. The molecule has 37 heavy (non-hydrogen) atoms. The lowest BCUT2D eigenvalue weighted by atomic mass is 9.99. The van der Waals surface area contributed by atoms with E-state index in [2.05, 4.69) is 29.9 Å². The van der Waals surface area contributed by atoms with E-state index in [1.807, 2.05) is 19.9 Å². The average Bonchev–Trinajstić information content (AvgIpc) is 3.30. The van der Waals surface area contributed by atoms with Gasteiger partial charge in [0, 0.05) is 11.1 Å². The molecule has 5 aromatic rings. The smallest absolute Gasteiger partial charge is 0.439 e. The number of hydrogen-bond donors (Lipinski definition) is 2. The number of aryl methyl sites for hydroxylation is 1. The Morgan fingerprint density at radius 1 is 1.14 bits per heavy atom. The Bertz CT molecular complexity index is 1800. The number of anilines is 1. The fourth-order valence-corrected chi connectivity index (χ4v) is 4.25. The summed E-state index contributed by atoms with van der Waals surface area (Å²) in [6, 6.07) is 7.10. The van der Waals surface area contributed by atoms with Gasteiger partial charge in [-0.2, -0.15) is 4.39 Å². The maximum Gasteiger partial charge on any atom is 0.439 e. The zero-order chi connectivity index (χ0) is 26.4. The van der Waals surface area contributed by atoms with Crippen LogP contribution in [0.1, 0.15) is 29.7 Å². The molecule has 5 rings (SSSR count). The summed E-state index contributed by atoms with van der Waals surface area (Å²) < 4.78 is 39.1. The van der Waals surface area contributed by atoms with Gasteiger partial charge in [0.05, 0.1) is 28.9 Å². The Morgan fingerprint density at radius 3 is 2.65 bits per heavy atom. The van der Waals surface area contributed by atoms with Crippen molar-refractivity contribution in [3.63, 3.8) is 0 Å². The summed E-state index contributed by atoms with van der Waals surface area (Å²) in [7, 11) is 0. The highest BCUT2D eigenvalue weighted by Crippen LogP contribution is 2.34. The topological polar surface area (TPSA) is 127 Å². The second kappa shape index (κ2) is 9.25. The number of hydrogen-bond acceptors (Lipinski definition) is 8. The molecule has 0 aliphatic rings. The van der Waals surface area contributed by atoms with Gasteiger partial charge in [0.1, 0.15) is 28.0 Å². The van der Waals surface area contributed by atoms with Crippen molar-refractivity contribution in [2.75, 3.05) is 5.32 Å². The van der Waals surface area contributed by atoms with E-state index in [9.17, 15) is 18.4 Å². The average molecular weight is 526 g/mol. The lowest BCUT2D eigenvalue weighted by Crippen LogP contribution is -2.13. The number of nitrogens with one attached hydrogen (secondary N) is 2. The van der Waals surface area contributed by atoms with Gasteiger partial charge in [0.25, 0.3) is 0 Å². The van der Waals surface area contributed by atoms with Gasteiger partial charge in [0.15, 0.2) is 5.43 Å². The molecule has 4 aromatic heterocycles. The predicted octanol–water partition coefficient (Wildman–Crippen LogP) is 5.31. The van der Waals surface area contributed by atoms with Crippen LogP contribution in [0.5, 0.6) is 0 Å². The van der Waals surface area contributed by atoms with E-state index in [1.165, 1.54) is 6.92 Å². The van der Waals surface area contributed by atoms with Gasteiger partial charge in [-0.15, -0.1) is 0 Å². The van der Waals surface area contributed by atoms with Crippen LogP contribution in [-0.4, -0.2) is 20.1 Å². The maximum atomic E-state index is 14.5. The maximum absolute atomic E-state index is 14.5. The Kier molecular flexibility index (Phi) is 6.08. The monoisotopic (exact) mass is 525 g/mol. The van der Waals surface area contributed by atoms with Crippen molar-refractivity contribution in [3.05, 3.63) is 90.9 Å². The molecule has 0 aliphatic heterocycles. The first kappa shape index (κ1) is 24.3. The van der Waals surface area contributed by atoms with E-state index in [-0.39, 0.29) is 50.0 Å². The van der Waals surface area contributed by atoms with Crippen molar-refractivity contribution >= 4 is 28.3 Å². The normalized spacial score (nSPS) is 12.2. The van der Waals surface area contributed by atoms with Crippen LogP contribution in [0.4, 0.5) is 14.5 Å². The van der Waals surface area contributed by atoms with Gasteiger partial charge in [-0.05, 0) is 50.6 Å². The van der Waals surface area contributed by atoms with Gasteiger partial charge in [-0.25, -0.2) is 19.2 Å². The zero-order valence-electron chi connectivity index (χ0n) is 19.6. The van der Waals surface area contributed by atoms with Crippen LogP contribution in [0.15, 0.2) is 55.1 Å². The van der Waals surface area contributed by atoms with Crippen LogP contribution in [0, 0.1) is 25.6 Å². The molecule has 1 aromatic carbocycles. The van der Waals surface area contributed by atoms with Crippen molar-refractivity contribution < 1.29 is 17.7 Å². The molecule has 1 atom stereocenters. The number of rotatable bonds is 5. The van der Waals surface area contributed by atoms with Crippen LogP contribution in [-0.2, 0) is 0 Å². The van der Waals surface area contributed by atoms with Crippen LogP contribution < -0.4 is 16.5 Å². The van der Waals surface area contributed by atoms with Gasteiger partial charge >= 0.3 is 5.76 Å². The summed E-state index contributed by atoms with van der Waals surface area (Å²) in [5.74, 6) is -2.55. The molecular weight excluding hydrogens is 508 g/mol. The molecule has 0 amide bonds. The first-order chi connectivity index (χ1) is 17.6. The third kappa shape index (κ3) is 4.49. The highest BCUT2D eigenvalue weighted by Gasteiger charge is 2.22. The van der Waals surface area contributed by atoms with E-state index >= 15 is 0 Å². The third-order valence-electron chi connectivity index (χ3n) is 5.81. The fraction of sp³-hybridized carbons (Fsp3) is 0.160. The Hall–Kier alpha value is -4.38. The van der Waals surface area contributed by atoms with Crippen LogP contribution >= 0.6 is 11.6 Å². The Morgan fingerprint density at radius 2 is 1.92 bits per heavy atom. The van der Waals surface area contributed by atoms with Crippen LogP contribution in [0.2, 0.25) is 5.15 Å². The standard InChI is InChI=1S/C25H18ClF2N5O4/c1-10-6-14(12(3)30-17-4-5-18(26)31-19(17)24-32-25(35)37-33-24)22-15(7-10)20(34)11(2)21(36-22)16-8-13(27)9-29-23(16)28/h4-9,12,30H,1-3H3,(H,32,33,35). The largest absolute Gasteiger partial charge is 0.455 e. The second-order valence-electron chi connectivity index (χ2n) is 8.45. The predicted molar refractivity (Wildman–Crippen MR) is 133 cm³/mol.